The summed E-state index contributed by atoms with van der Waals surface area (Å²) in [5, 5.41) is 44.8. The number of hydrogen-bond acceptors (Lipinski definition) is 10. The van der Waals surface area contributed by atoms with Crippen LogP contribution in [-0.2, 0) is 28.9 Å². The molecular formula is C55H107NO11S. The number of ether oxygens (including phenoxy) is 2. The highest BCUT2D eigenvalue weighted by Gasteiger charge is 2.48. The highest BCUT2D eigenvalue weighted by molar-refractivity contribution is 7.80. The number of nitrogens with one attached hydrogen (secondary N) is 1. The number of carbonyl (C=O) groups is 1. The number of amides is 1. The van der Waals surface area contributed by atoms with Gasteiger partial charge < -0.3 is 35.2 Å². The van der Waals surface area contributed by atoms with Gasteiger partial charge in [0.2, 0.25) is 5.91 Å². The minimum absolute atomic E-state index is 0.257. The molecule has 1 fully saturated rings. The molecule has 13 heteroatoms. The number of hydrogen-bond donors (Lipinski definition) is 6. The third-order valence-electron chi connectivity index (χ3n) is 13.8. The van der Waals surface area contributed by atoms with E-state index in [-0.39, 0.29) is 18.9 Å². The van der Waals surface area contributed by atoms with Crippen LogP contribution in [0.3, 0.4) is 0 Å². The van der Waals surface area contributed by atoms with Crippen LogP contribution in [0.2, 0.25) is 0 Å². The minimum atomic E-state index is -5.08. The van der Waals surface area contributed by atoms with Gasteiger partial charge in [0.25, 0.3) is 0 Å². The first-order valence-corrected chi connectivity index (χ1v) is 29.9. The van der Waals surface area contributed by atoms with Gasteiger partial charge in [0.05, 0.1) is 25.4 Å². The summed E-state index contributed by atoms with van der Waals surface area (Å²) < 4.78 is 47.7. The van der Waals surface area contributed by atoms with E-state index in [1.807, 2.05) is 6.08 Å². The maximum atomic E-state index is 13.1. The Bertz CT molecular complexity index is 1260. The second-order valence-electron chi connectivity index (χ2n) is 20.2. The van der Waals surface area contributed by atoms with E-state index < -0.39 is 59.9 Å². The maximum absolute atomic E-state index is 13.1. The summed E-state index contributed by atoms with van der Waals surface area (Å²) in [4.78, 5) is 13.1. The predicted octanol–water partition coefficient (Wildman–Crippen LogP) is 13.1. The van der Waals surface area contributed by atoms with Crippen molar-refractivity contribution in [2.24, 2.45) is 0 Å². The van der Waals surface area contributed by atoms with Gasteiger partial charge in [-0.15, -0.1) is 0 Å². The molecule has 12 nitrogen and oxygen atoms in total. The van der Waals surface area contributed by atoms with E-state index in [0.29, 0.717) is 6.42 Å². The van der Waals surface area contributed by atoms with Gasteiger partial charge in [0.1, 0.15) is 24.4 Å². The third kappa shape index (κ3) is 37.6. The Morgan fingerprint density at radius 2 is 0.926 bits per heavy atom. The molecule has 0 aliphatic carbocycles. The van der Waals surface area contributed by atoms with Crippen LogP contribution in [0.4, 0.5) is 0 Å². The summed E-state index contributed by atoms with van der Waals surface area (Å²) in [6, 6.07) is -0.939. The number of rotatable bonds is 50. The zero-order valence-electron chi connectivity index (χ0n) is 43.7. The van der Waals surface area contributed by atoms with Crippen molar-refractivity contribution in [1.82, 2.24) is 5.32 Å². The van der Waals surface area contributed by atoms with Crippen LogP contribution in [0.15, 0.2) is 12.2 Å². The van der Waals surface area contributed by atoms with Crippen LogP contribution in [0, 0.1) is 0 Å². The minimum Gasteiger partial charge on any atom is -0.394 e. The van der Waals surface area contributed by atoms with E-state index in [1.54, 1.807) is 6.08 Å². The summed E-state index contributed by atoms with van der Waals surface area (Å²) in [7, 11) is -5.08. The van der Waals surface area contributed by atoms with Crippen molar-refractivity contribution >= 4 is 16.3 Å². The first kappa shape index (κ1) is 64.9. The number of aliphatic hydroxyl groups is 4. The highest BCUT2D eigenvalue weighted by atomic mass is 32.3. The van der Waals surface area contributed by atoms with Crippen LogP contribution in [-0.4, -0.2) is 95.4 Å². The molecule has 7 atom stereocenters. The monoisotopic (exact) mass is 990 g/mol. The fraction of sp³-hybridized carbons (Fsp3) is 0.945. The van der Waals surface area contributed by atoms with E-state index in [2.05, 4.69) is 23.3 Å². The molecule has 1 aliphatic heterocycles. The van der Waals surface area contributed by atoms with Gasteiger partial charge >= 0.3 is 10.4 Å². The molecule has 0 spiro atoms. The second-order valence-corrected chi connectivity index (χ2v) is 21.3. The van der Waals surface area contributed by atoms with Crippen LogP contribution in [0.25, 0.3) is 0 Å². The molecule has 0 aromatic rings. The number of allylic oxidation sites excluding steroid dienone is 1. The fourth-order valence-corrected chi connectivity index (χ4v) is 9.91. The Labute approximate surface area is 417 Å². The normalized spacial score (nSPS) is 19.8. The van der Waals surface area contributed by atoms with Crippen molar-refractivity contribution < 1.29 is 51.8 Å². The first-order chi connectivity index (χ1) is 33.0. The van der Waals surface area contributed by atoms with Gasteiger partial charge in [-0.05, 0) is 19.3 Å². The zero-order valence-corrected chi connectivity index (χ0v) is 44.5. The number of carbonyl (C=O) groups excluding carboxylic acids is 1. The van der Waals surface area contributed by atoms with Crippen LogP contribution >= 0.6 is 0 Å². The van der Waals surface area contributed by atoms with Gasteiger partial charge in [-0.1, -0.05) is 264 Å². The number of aliphatic hydroxyl groups excluding tert-OH is 4. The predicted molar refractivity (Wildman–Crippen MR) is 278 cm³/mol. The zero-order chi connectivity index (χ0) is 49.8. The van der Waals surface area contributed by atoms with Crippen molar-refractivity contribution in [1.29, 1.82) is 0 Å². The molecule has 1 aliphatic rings. The quantitative estimate of drug-likeness (QED) is 0.0193. The highest BCUT2D eigenvalue weighted by Crippen LogP contribution is 2.26. The van der Waals surface area contributed by atoms with Gasteiger partial charge in [-0.3, -0.25) is 9.35 Å². The molecule has 68 heavy (non-hydrogen) atoms. The van der Waals surface area contributed by atoms with E-state index in [9.17, 15) is 38.2 Å². The molecule has 1 rings (SSSR count). The molecule has 0 saturated carbocycles. The molecule has 0 bridgehead atoms. The van der Waals surface area contributed by atoms with Crippen LogP contribution in [0.1, 0.15) is 277 Å². The Morgan fingerprint density at radius 1 is 0.574 bits per heavy atom. The van der Waals surface area contributed by atoms with E-state index in [1.165, 1.54) is 212 Å². The molecule has 0 aromatic carbocycles. The Hall–Kier alpha value is -1.16. The molecule has 404 valence electrons. The van der Waals surface area contributed by atoms with Crippen molar-refractivity contribution in [3.05, 3.63) is 12.2 Å². The van der Waals surface area contributed by atoms with Crippen LogP contribution in [0.5, 0.6) is 0 Å². The smallest absolute Gasteiger partial charge is 0.394 e. The number of unbranched alkanes of at least 4 members (excludes halogenated alkanes) is 38. The molecule has 1 saturated heterocycles. The average Bonchev–Trinajstić information content (AvgIpc) is 3.31. The molecule has 1 amide bonds. The van der Waals surface area contributed by atoms with E-state index >= 15 is 0 Å². The first-order valence-electron chi connectivity index (χ1n) is 28.6. The largest absolute Gasteiger partial charge is 0.397 e. The second kappa shape index (κ2) is 45.7. The lowest BCUT2D eigenvalue weighted by atomic mass is 9.99. The van der Waals surface area contributed by atoms with Crippen molar-refractivity contribution in [2.75, 3.05) is 13.2 Å². The van der Waals surface area contributed by atoms with Crippen molar-refractivity contribution in [2.45, 2.75) is 320 Å². The third-order valence-corrected chi connectivity index (χ3v) is 14.3. The van der Waals surface area contributed by atoms with E-state index in [0.717, 1.165) is 38.5 Å². The SMILES string of the molecule is CCCCCCCCCCCCC/C=C/C(O)C(COC1OC(CO)C(O)C(OS(=O)(=O)O)C1O)NC(=O)CCCCCCCCCCCCCCCCCCCCCCCCCCCCCC. The van der Waals surface area contributed by atoms with Gasteiger partial charge in [0, 0.05) is 6.42 Å². The summed E-state index contributed by atoms with van der Waals surface area (Å²) in [5.74, 6) is -0.257. The standard InChI is InChI=1S/C55H107NO11S/c1-3-5-7-9-11-13-15-17-18-19-20-21-22-23-24-25-26-27-28-29-30-31-33-35-37-39-41-43-45-51(59)56-48(49(58)44-42-40-38-36-34-32-16-14-12-10-8-6-4-2)47-65-55-53(61)54(67-68(62,63)64)52(60)50(46-57)66-55/h42,44,48-50,52-55,57-58,60-61H,3-41,43,45-47H2,1-2H3,(H,56,59)(H,62,63,64)/b44-42+. The molecule has 0 radical (unpaired) electrons. The fourth-order valence-electron chi connectivity index (χ4n) is 9.40. The summed E-state index contributed by atoms with van der Waals surface area (Å²) in [5.41, 5.74) is 0. The Morgan fingerprint density at radius 3 is 1.28 bits per heavy atom. The van der Waals surface area contributed by atoms with Crippen LogP contribution < -0.4 is 5.32 Å². The lowest BCUT2D eigenvalue weighted by Crippen LogP contribution is -2.61. The molecule has 6 N–H and O–H groups in total. The molecular weight excluding hydrogens is 883 g/mol. The van der Waals surface area contributed by atoms with Gasteiger partial charge in [-0.25, -0.2) is 4.18 Å². The van der Waals surface area contributed by atoms with Gasteiger partial charge in [0.15, 0.2) is 6.29 Å². The lowest BCUT2D eigenvalue weighted by molar-refractivity contribution is -0.298. The van der Waals surface area contributed by atoms with Crippen molar-refractivity contribution in [3.8, 4) is 0 Å². The average molecular weight is 991 g/mol. The molecule has 7 unspecified atom stereocenters. The van der Waals surface area contributed by atoms with Crippen molar-refractivity contribution in [3.63, 3.8) is 0 Å². The summed E-state index contributed by atoms with van der Waals surface area (Å²) >= 11 is 0. The Balaban J connectivity index is 2.28. The van der Waals surface area contributed by atoms with Gasteiger partial charge in [-0.2, -0.15) is 8.42 Å². The molecule has 1 heterocycles. The lowest BCUT2D eigenvalue weighted by Gasteiger charge is -2.41. The Kier molecular flexibility index (Phi) is 43.6. The maximum Gasteiger partial charge on any atom is 0.397 e. The topological polar surface area (TPSA) is 192 Å². The summed E-state index contributed by atoms with van der Waals surface area (Å²) in [6.07, 6.45) is 45.6. The van der Waals surface area contributed by atoms with E-state index in [4.69, 9.17) is 9.47 Å². The molecule has 0 aromatic heterocycles. The summed E-state index contributed by atoms with van der Waals surface area (Å²) in [6.45, 7) is 3.42.